The summed E-state index contributed by atoms with van der Waals surface area (Å²) in [5.74, 6) is 0.625. The fourth-order valence-electron chi connectivity index (χ4n) is 4.07. The van der Waals surface area contributed by atoms with Crippen molar-refractivity contribution in [3.05, 3.63) is 34.6 Å². The fraction of sp³-hybridized carbons (Fsp3) is 0.409. The Hall–Kier alpha value is -3.19. The molecule has 1 amide bonds. The van der Waals surface area contributed by atoms with Gasteiger partial charge in [0.05, 0.1) is 18.0 Å². The number of amides is 1. The highest BCUT2D eigenvalue weighted by Crippen LogP contribution is 2.30. The van der Waals surface area contributed by atoms with Crippen LogP contribution in [0.25, 0.3) is 11.2 Å². The number of nitrogens with two attached hydrogens (primary N) is 1. The van der Waals surface area contributed by atoms with Gasteiger partial charge < -0.3 is 20.9 Å². The largest absolute Gasteiger partial charge is 0.369 e. The Kier molecular flexibility index (Phi) is 6.28. The van der Waals surface area contributed by atoms with Gasteiger partial charge >= 0.3 is 0 Å². The maximum atomic E-state index is 11.7. The number of halogens is 1. The molecule has 2 atom stereocenters. The zero-order valence-electron chi connectivity index (χ0n) is 18.0. The number of imidazole rings is 1. The summed E-state index contributed by atoms with van der Waals surface area (Å²) in [5.41, 5.74) is 8.12. The van der Waals surface area contributed by atoms with Crippen LogP contribution in [0.1, 0.15) is 51.1 Å². The highest BCUT2D eigenvalue weighted by molar-refractivity contribution is 9.10. The summed E-state index contributed by atoms with van der Waals surface area (Å²) >= 11 is 3.44. The Morgan fingerprint density at radius 1 is 1.31 bits per heavy atom. The molecule has 10 heteroatoms. The van der Waals surface area contributed by atoms with Crippen molar-refractivity contribution >= 4 is 50.5 Å². The second-order valence-corrected chi connectivity index (χ2v) is 9.30. The Morgan fingerprint density at radius 2 is 2.12 bits per heavy atom. The molecule has 4 N–H and O–H groups in total. The molecular formula is C22H25BrN8O. The second-order valence-electron chi connectivity index (χ2n) is 8.39. The summed E-state index contributed by atoms with van der Waals surface area (Å²) < 4.78 is 2.78. The summed E-state index contributed by atoms with van der Waals surface area (Å²) in [7, 11) is 0. The third kappa shape index (κ3) is 4.67. The smallest absolute Gasteiger partial charge is 0.227 e. The maximum Gasteiger partial charge on any atom is 0.227 e. The molecule has 0 bridgehead atoms. The highest BCUT2D eigenvalue weighted by atomic mass is 79.9. The van der Waals surface area contributed by atoms with Crippen LogP contribution in [0.5, 0.6) is 0 Å². The number of anilines is 3. The molecule has 1 fully saturated rings. The number of nitrogens with one attached hydrogen (secondary N) is 2. The summed E-state index contributed by atoms with van der Waals surface area (Å²) in [6, 6.07) is 7.77. The van der Waals surface area contributed by atoms with Crippen LogP contribution >= 0.6 is 15.9 Å². The lowest BCUT2D eigenvalue weighted by Gasteiger charge is -2.28. The minimum atomic E-state index is -0.254. The topological polar surface area (TPSA) is 135 Å². The van der Waals surface area contributed by atoms with Crippen LogP contribution in [0.15, 0.2) is 29.0 Å². The van der Waals surface area contributed by atoms with Gasteiger partial charge in [0.1, 0.15) is 0 Å². The summed E-state index contributed by atoms with van der Waals surface area (Å²) in [4.78, 5) is 25.6. The number of hydrogen-bond donors (Lipinski definition) is 3. The van der Waals surface area contributed by atoms with E-state index < -0.39 is 0 Å². The van der Waals surface area contributed by atoms with Crippen LogP contribution in [0, 0.1) is 17.2 Å². The van der Waals surface area contributed by atoms with Crippen molar-refractivity contribution in [2.75, 3.05) is 10.6 Å². The predicted octanol–water partition coefficient (Wildman–Crippen LogP) is 4.24. The van der Waals surface area contributed by atoms with Crippen LogP contribution in [0.4, 0.5) is 17.5 Å². The lowest BCUT2D eigenvalue weighted by atomic mass is 9.85. The van der Waals surface area contributed by atoms with Crippen LogP contribution in [-0.4, -0.2) is 31.5 Å². The van der Waals surface area contributed by atoms with Gasteiger partial charge in [-0.25, -0.2) is 4.98 Å². The number of carbonyl (C=O) groups is 1. The van der Waals surface area contributed by atoms with Crippen LogP contribution < -0.4 is 16.4 Å². The van der Waals surface area contributed by atoms with Gasteiger partial charge in [0, 0.05) is 28.2 Å². The average Bonchev–Trinajstić information content (AvgIpc) is 3.18. The molecule has 0 aliphatic heterocycles. The number of nitriles is 1. The monoisotopic (exact) mass is 496 g/mol. The molecule has 0 unspecified atom stereocenters. The summed E-state index contributed by atoms with van der Waals surface area (Å²) in [6.45, 7) is 4.13. The number of nitrogens with zero attached hydrogens (tertiary/aromatic N) is 5. The van der Waals surface area contributed by atoms with Crippen LogP contribution in [-0.2, 0) is 4.79 Å². The third-order valence-corrected chi connectivity index (χ3v) is 6.14. The molecule has 9 nitrogen and oxygen atoms in total. The number of fused-ring (bicyclic) bond motifs is 1. The first-order chi connectivity index (χ1) is 15.3. The zero-order chi connectivity index (χ0) is 22.8. The lowest BCUT2D eigenvalue weighted by Crippen LogP contribution is -2.34. The summed E-state index contributed by atoms with van der Waals surface area (Å²) in [5, 5.41) is 16.0. The molecule has 3 aromatic rings. The molecule has 1 aliphatic rings. The highest BCUT2D eigenvalue weighted by Gasteiger charge is 2.26. The van der Waals surface area contributed by atoms with Crippen molar-refractivity contribution in [3.8, 4) is 6.07 Å². The van der Waals surface area contributed by atoms with E-state index in [-0.39, 0.29) is 23.9 Å². The Balaban J connectivity index is 1.71. The van der Waals surface area contributed by atoms with E-state index >= 15 is 0 Å². The maximum absolute atomic E-state index is 11.7. The van der Waals surface area contributed by atoms with Gasteiger partial charge in [-0.3, -0.25) is 4.79 Å². The molecule has 1 aliphatic carbocycles. The average molecular weight is 497 g/mol. The minimum Gasteiger partial charge on any atom is -0.369 e. The molecule has 0 radical (unpaired) electrons. The van der Waals surface area contributed by atoms with E-state index in [0.717, 1.165) is 23.7 Å². The standard InChI is InChI=1S/C22H25BrN8O/c1-12(2)31-11-26-18-20(27-17-7-13(10-24)6-15(23)9-17)29-22(30-21(18)31)28-16-5-3-4-14(8-16)19(25)32/h6-7,9,11-12,14,16H,3-5,8H2,1-2H3,(H2,25,32)(H2,27,28,29,30)/t14-,16-/m0/s1. The van der Waals surface area contributed by atoms with Gasteiger partial charge in [0.15, 0.2) is 17.0 Å². The Morgan fingerprint density at radius 3 is 2.84 bits per heavy atom. The lowest BCUT2D eigenvalue weighted by molar-refractivity contribution is -0.122. The molecule has 2 heterocycles. The van der Waals surface area contributed by atoms with E-state index in [2.05, 4.69) is 51.5 Å². The molecule has 4 rings (SSSR count). The quantitative estimate of drug-likeness (QED) is 0.464. The van der Waals surface area contributed by atoms with Gasteiger partial charge in [-0.1, -0.05) is 22.4 Å². The number of primary amides is 1. The number of aromatic nitrogens is 4. The van der Waals surface area contributed by atoms with Crippen molar-refractivity contribution in [3.63, 3.8) is 0 Å². The van der Waals surface area contributed by atoms with Gasteiger partial charge in [0.2, 0.25) is 11.9 Å². The fourth-order valence-corrected chi connectivity index (χ4v) is 4.56. The van der Waals surface area contributed by atoms with E-state index in [9.17, 15) is 10.1 Å². The van der Waals surface area contributed by atoms with Crippen molar-refractivity contribution in [2.24, 2.45) is 11.7 Å². The molecule has 1 aromatic carbocycles. The Bertz CT molecular complexity index is 1200. The van der Waals surface area contributed by atoms with E-state index in [1.165, 1.54) is 0 Å². The molecule has 166 valence electrons. The molecule has 1 saturated carbocycles. The van der Waals surface area contributed by atoms with E-state index in [0.29, 0.717) is 40.6 Å². The normalized spacial score (nSPS) is 18.5. The molecule has 0 spiro atoms. The first-order valence-corrected chi connectivity index (χ1v) is 11.4. The zero-order valence-corrected chi connectivity index (χ0v) is 19.6. The minimum absolute atomic E-state index is 0.0676. The van der Waals surface area contributed by atoms with Gasteiger partial charge in [-0.15, -0.1) is 0 Å². The Labute approximate surface area is 194 Å². The predicted molar refractivity (Wildman–Crippen MR) is 126 cm³/mol. The van der Waals surface area contributed by atoms with E-state index in [1.807, 2.05) is 10.6 Å². The molecule has 32 heavy (non-hydrogen) atoms. The van der Waals surface area contributed by atoms with E-state index in [1.54, 1.807) is 18.5 Å². The summed E-state index contributed by atoms with van der Waals surface area (Å²) in [6.07, 6.45) is 5.10. The first kappa shape index (κ1) is 22.0. The first-order valence-electron chi connectivity index (χ1n) is 10.6. The van der Waals surface area contributed by atoms with Gasteiger partial charge in [-0.2, -0.15) is 15.2 Å². The molecular weight excluding hydrogens is 472 g/mol. The van der Waals surface area contributed by atoms with Crippen molar-refractivity contribution in [1.29, 1.82) is 5.26 Å². The van der Waals surface area contributed by atoms with E-state index in [4.69, 9.17) is 15.7 Å². The van der Waals surface area contributed by atoms with Gasteiger partial charge in [-0.05, 0) is 51.3 Å². The van der Waals surface area contributed by atoms with Crippen molar-refractivity contribution in [2.45, 2.75) is 51.6 Å². The molecule has 2 aromatic heterocycles. The van der Waals surface area contributed by atoms with Crippen molar-refractivity contribution in [1.82, 2.24) is 19.5 Å². The second kappa shape index (κ2) is 9.12. The number of carbonyl (C=O) groups excluding carboxylic acids is 1. The van der Waals surface area contributed by atoms with Crippen LogP contribution in [0.3, 0.4) is 0 Å². The number of hydrogen-bond acceptors (Lipinski definition) is 7. The SMILES string of the molecule is CC(C)n1cnc2c(Nc3cc(Br)cc(C#N)c3)nc(N[C@H]3CCC[C@H](C(N)=O)C3)nc21. The van der Waals surface area contributed by atoms with Crippen LogP contribution in [0.2, 0.25) is 0 Å². The number of rotatable bonds is 6. The number of benzene rings is 1. The molecule has 0 saturated heterocycles. The van der Waals surface area contributed by atoms with Gasteiger partial charge in [0.25, 0.3) is 0 Å². The third-order valence-electron chi connectivity index (χ3n) is 5.68. The van der Waals surface area contributed by atoms with Crippen molar-refractivity contribution < 1.29 is 4.79 Å².